The Hall–Kier alpha value is -3.54. The summed E-state index contributed by atoms with van der Waals surface area (Å²) in [6, 6.07) is 21.8. The first-order valence-electron chi connectivity index (χ1n) is 10.1. The minimum atomic E-state index is -1.08. The number of carbonyl (C=O) groups is 2. The van der Waals surface area contributed by atoms with Crippen LogP contribution in [-0.4, -0.2) is 28.4 Å². The highest BCUT2D eigenvalue weighted by atomic mass is 35.5. The summed E-state index contributed by atoms with van der Waals surface area (Å²) in [7, 11) is 0. The molecule has 0 saturated heterocycles. The molecule has 0 aliphatic carbocycles. The first-order chi connectivity index (χ1) is 15.5. The molecule has 0 saturated carbocycles. The van der Waals surface area contributed by atoms with Crippen molar-refractivity contribution < 1.29 is 19.4 Å². The van der Waals surface area contributed by atoms with Gasteiger partial charge in [-0.05, 0) is 29.7 Å². The number of aromatic carboxylic acids is 1. The molecular weight excluding hydrogens is 426 g/mol. The van der Waals surface area contributed by atoms with E-state index in [1.54, 1.807) is 36.4 Å². The molecule has 4 rings (SSSR count). The van der Waals surface area contributed by atoms with Gasteiger partial charge in [-0.1, -0.05) is 72.3 Å². The molecule has 160 valence electrons. The largest absolute Gasteiger partial charge is 0.478 e. The van der Waals surface area contributed by atoms with Crippen LogP contribution in [0.5, 0.6) is 0 Å². The van der Waals surface area contributed by atoms with Crippen molar-refractivity contribution >= 4 is 34.1 Å². The molecule has 0 atom stereocenters. The van der Waals surface area contributed by atoms with Crippen LogP contribution in [0.25, 0.3) is 10.8 Å². The highest BCUT2D eigenvalue weighted by molar-refractivity contribution is 6.30. The summed E-state index contributed by atoms with van der Waals surface area (Å²) in [5.41, 5.74) is 2.90. The molecule has 0 unspecified atom stereocenters. The number of benzene rings is 3. The van der Waals surface area contributed by atoms with Crippen molar-refractivity contribution in [2.45, 2.75) is 13.0 Å². The Morgan fingerprint density at radius 3 is 2.22 bits per heavy atom. The Kier molecular flexibility index (Phi) is 6.59. The van der Waals surface area contributed by atoms with Crippen LogP contribution in [-0.2, 0) is 17.8 Å². The number of carboxylic acid groups (broad SMARTS) is 1. The second-order valence-corrected chi connectivity index (χ2v) is 7.76. The van der Waals surface area contributed by atoms with E-state index in [-0.39, 0.29) is 17.0 Å². The number of carboxylic acids is 1. The van der Waals surface area contributed by atoms with Crippen LogP contribution in [0.4, 0.5) is 0 Å². The van der Waals surface area contributed by atoms with E-state index in [0.29, 0.717) is 34.6 Å². The fourth-order valence-electron chi connectivity index (χ4n) is 3.46. The number of carbonyl (C=O) groups excluding carboxylic acids is 1. The van der Waals surface area contributed by atoms with Gasteiger partial charge in [0.05, 0.1) is 18.8 Å². The lowest BCUT2D eigenvalue weighted by Crippen LogP contribution is -2.08. The summed E-state index contributed by atoms with van der Waals surface area (Å²) in [6.07, 6.45) is 2.03. The van der Waals surface area contributed by atoms with Gasteiger partial charge < -0.3 is 9.84 Å². The van der Waals surface area contributed by atoms with E-state index in [1.165, 1.54) is 6.20 Å². The van der Waals surface area contributed by atoms with E-state index in [9.17, 15) is 14.7 Å². The van der Waals surface area contributed by atoms with E-state index in [2.05, 4.69) is 4.98 Å². The summed E-state index contributed by atoms with van der Waals surface area (Å²) in [6.45, 7) is 1.02. The average Bonchev–Trinajstić information content (AvgIpc) is 2.82. The minimum absolute atomic E-state index is 0.0725. The van der Waals surface area contributed by atoms with Crippen LogP contribution in [0.1, 0.15) is 37.5 Å². The molecule has 6 heteroatoms. The van der Waals surface area contributed by atoms with Gasteiger partial charge in [-0.2, -0.15) is 0 Å². The maximum atomic E-state index is 13.0. The van der Waals surface area contributed by atoms with Crippen LogP contribution in [0, 0.1) is 0 Å². The number of ether oxygens (including phenoxy) is 1. The predicted molar refractivity (Wildman–Crippen MR) is 123 cm³/mol. The van der Waals surface area contributed by atoms with Gasteiger partial charge >= 0.3 is 5.97 Å². The van der Waals surface area contributed by atoms with Crippen LogP contribution >= 0.6 is 11.6 Å². The molecule has 32 heavy (non-hydrogen) atoms. The third-order valence-corrected chi connectivity index (χ3v) is 5.43. The third kappa shape index (κ3) is 4.85. The lowest BCUT2D eigenvalue weighted by Gasteiger charge is -2.09. The van der Waals surface area contributed by atoms with Gasteiger partial charge in [0.1, 0.15) is 5.69 Å². The molecule has 0 radical (unpaired) electrons. The molecule has 0 bridgehead atoms. The van der Waals surface area contributed by atoms with E-state index < -0.39 is 5.97 Å². The molecule has 0 fully saturated rings. The summed E-state index contributed by atoms with van der Waals surface area (Å²) >= 11 is 5.89. The Morgan fingerprint density at radius 1 is 0.875 bits per heavy atom. The second kappa shape index (κ2) is 9.73. The smallest absolute Gasteiger partial charge is 0.337 e. The fourth-order valence-corrected chi connectivity index (χ4v) is 3.59. The molecule has 1 heterocycles. The Balaban J connectivity index is 1.43. The lowest BCUT2D eigenvalue weighted by atomic mass is 9.99. The molecule has 0 amide bonds. The number of pyridine rings is 1. The first kappa shape index (κ1) is 21.7. The molecule has 0 aliphatic rings. The summed E-state index contributed by atoms with van der Waals surface area (Å²) in [5, 5.41) is 11.1. The highest BCUT2D eigenvalue weighted by Crippen LogP contribution is 2.23. The van der Waals surface area contributed by atoms with Gasteiger partial charge in [0.25, 0.3) is 0 Å². The van der Waals surface area contributed by atoms with Crippen molar-refractivity contribution in [2.75, 3.05) is 6.61 Å². The molecule has 4 aromatic rings. The SMILES string of the molecule is O=C(O)c1cnc(C(=O)c2ccc(COCCc3ccc(Cl)cc3)cc2)c2ccccc12. The van der Waals surface area contributed by atoms with Crippen LogP contribution < -0.4 is 0 Å². The van der Waals surface area contributed by atoms with Crippen molar-refractivity contribution in [3.05, 3.63) is 112 Å². The molecule has 5 nitrogen and oxygen atoms in total. The zero-order chi connectivity index (χ0) is 22.5. The molecule has 1 N–H and O–H groups in total. The zero-order valence-electron chi connectivity index (χ0n) is 17.1. The van der Waals surface area contributed by atoms with E-state index >= 15 is 0 Å². The summed E-state index contributed by atoms with van der Waals surface area (Å²) < 4.78 is 5.75. The highest BCUT2D eigenvalue weighted by Gasteiger charge is 2.18. The fraction of sp³-hybridized carbons (Fsp3) is 0.115. The van der Waals surface area contributed by atoms with Gasteiger partial charge in [0.2, 0.25) is 5.78 Å². The number of rotatable bonds is 8. The Bertz CT molecular complexity index is 1270. The Labute approximate surface area is 190 Å². The van der Waals surface area contributed by atoms with Gasteiger partial charge in [-0.3, -0.25) is 9.78 Å². The summed E-state index contributed by atoms with van der Waals surface area (Å²) in [5.74, 6) is -1.33. The van der Waals surface area contributed by atoms with Crippen molar-refractivity contribution in [3.63, 3.8) is 0 Å². The average molecular weight is 446 g/mol. The van der Waals surface area contributed by atoms with Gasteiger partial charge in [-0.25, -0.2) is 4.79 Å². The third-order valence-electron chi connectivity index (χ3n) is 5.17. The van der Waals surface area contributed by atoms with Crippen LogP contribution in [0.3, 0.4) is 0 Å². The number of aromatic nitrogens is 1. The predicted octanol–water partition coefficient (Wildman–Crippen LogP) is 5.58. The maximum absolute atomic E-state index is 13.0. The number of ketones is 1. The topological polar surface area (TPSA) is 76.5 Å². The van der Waals surface area contributed by atoms with Crippen LogP contribution in [0.15, 0.2) is 79.0 Å². The number of hydrogen-bond acceptors (Lipinski definition) is 4. The molecule has 0 spiro atoms. The van der Waals surface area contributed by atoms with E-state index in [1.807, 2.05) is 36.4 Å². The summed E-state index contributed by atoms with van der Waals surface area (Å²) in [4.78, 5) is 28.7. The number of hydrogen-bond donors (Lipinski definition) is 1. The lowest BCUT2D eigenvalue weighted by molar-refractivity contribution is 0.0698. The van der Waals surface area contributed by atoms with Crippen molar-refractivity contribution in [3.8, 4) is 0 Å². The van der Waals surface area contributed by atoms with Crippen molar-refractivity contribution in [1.82, 2.24) is 4.98 Å². The van der Waals surface area contributed by atoms with Crippen molar-refractivity contribution in [2.24, 2.45) is 0 Å². The molecule has 3 aromatic carbocycles. The molecule has 1 aromatic heterocycles. The van der Waals surface area contributed by atoms with Gasteiger partial charge in [0, 0.05) is 27.6 Å². The second-order valence-electron chi connectivity index (χ2n) is 7.33. The minimum Gasteiger partial charge on any atom is -0.478 e. The van der Waals surface area contributed by atoms with Gasteiger partial charge in [0.15, 0.2) is 0 Å². The molecular formula is C26H20ClNO4. The Morgan fingerprint density at radius 2 is 1.53 bits per heavy atom. The monoisotopic (exact) mass is 445 g/mol. The zero-order valence-corrected chi connectivity index (χ0v) is 17.9. The number of fused-ring (bicyclic) bond motifs is 1. The normalized spacial score (nSPS) is 10.9. The van der Waals surface area contributed by atoms with Crippen molar-refractivity contribution in [1.29, 1.82) is 0 Å². The number of nitrogens with zero attached hydrogens (tertiary/aromatic N) is 1. The van der Waals surface area contributed by atoms with Gasteiger partial charge in [-0.15, -0.1) is 0 Å². The van der Waals surface area contributed by atoms with E-state index in [4.69, 9.17) is 16.3 Å². The quantitative estimate of drug-likeness (QED) is 0.283. The number of halogens is 1. The maximum Gasteiger partial charge on any atom is 0.337 e. The molecule has 0 aliphatic heterocycles. The first-order valence-corrected chi connectivity index (χ1v) is 10.5. The standard InChI is InChI=1S/C26H20ClNO4/c27-20-11-7-17(8-12-20)13-14-32-16-18-5-9-19(10-6-18)25(29)24-22-4-2-1-3-21(22)23(15-28-24)26(30)31/h1-12,15H,13-14,16H2,(H,30,31). The van der Waals surface area contributed by atoms with Crippen LogP contribution in [0.2, 0.25) is 5.02 Å². The van der Waals surface area contributed by atoms with E-state index in [0.717, 1.165) is 17.5 Å².